The quantitative estimate of drug-likeness (QED) is 0.210. The van der Waals surface area contributed by atoms with Gasteiger partial charge in [-0.25, -0.2) is 0 Å². The first-order valence-corrected chi connectivity index (χ1v) is 13.8. The predicted molar refractivity (Wildman–Crippen MR) is 166 cm³/mol. The Morgan fingerprint density at radius 3 is 0.875 bits per heavy atom. The minimum absolute atomic E-state index is 0.160. The lowest BCUT2D eigenvalue weighted by Crippen LogP contribution is -2.04. The Balaban J connectivity index is 2.22. The fourth-order valence-corrected chi connectivity index (χ4v) is 6.53. The van der Waals surface area contributed by atoms with Gasteiger partial charge >= 0.3 is 0 Å². The van der Waals surface area contributed by atoms with Gasteiger partial charge in [-0.1, -0.05) is 0 Å². The SMILES string of the molecule is Cc1cc(O)c(C)c(C)c1-c1c(C)c(C)c(O)c(-c2c(C)c(-c3c(C)cc(O)c(C)c3C)c(C)c(C)c2O)c1C. The lowest BCUT2D eigenvalue weighted by Gasteiger charge is -2.27. The Morgan fingerprint density at radius 1 is 0.300 bits per heavy atom. The number of hydrogen-bond acceptors (Lipinski definition) is 4. The fraction of sp³-hybridized carbons (Fsp3) is 0.333. The van der Waals surface area contributed by atoms with Crippen LogP contribution < -0.4 is 0 Å². The normalized spacial score (nSPS) is 11.4. The summed E-state index contributed by atoms with van der Waals surface area (Å²) in [5, 5.41) is 44.4. The van der Waals surface area contributed by atoms with Crippen LogP contribution in [-0.4, -0.2) is 20.4 Å². The highest BCUT2D eigenvalue weighted by Crippen LogP contribution is 2.52. The molecule has 0 atom stereocenters. The molecule has 0 saturated carbocycles. The van der Waals surface area contributed by atoms with Crippen LogP contribution in [0.1, 0.15) is 66.8 Å². The summed E-state index contributed by atoms with van der Waals surface area (Å²) in [4.78, 5) is 0. The van der Waals surface area contributed by atoms with E-state index in [9.17, 15) is 20.4 Å². The van der Waals surface area contributed by atoms with Crippen LogP contribution in [0.3, 0.4) is 0 Å². The summed E-state index contributed by atoms with van der Waals surface area (Å²) < 4.78 is 0. The van der Waals surface area contributed by atoms with Crippen molar-refractivity contribution in [3.05, 3.63) is 78.9 Å². The monoisotopic (exact) mass is 538 g/mol. The number of hydrogen-bond donors (Lipinski definition) is 4. The van der Waals surface area contributed by atoms with E-state index in [1.54, 1.807) is 12.1 Å². The molecular weight excluding hydrogens is 496 g/mol. The molecule has 0 aromatic heterocycles. The zero-order valence-corrected chi connectivity index (χ0v) is 25.9. The molecule has 0 aliphatic heterocycles. The summed E-state index contributed by atoms with van der Waals surface area (Å²) in [6, 6.07) is 3.60. The molecule has 210 valence electrons. The number of aryl methyl sites for hydroxylation is 2. The highest BCUT2D eigenvalue weighted by molar-refractivity contribution is 5.95. The van der Waals surface area contributed by atoms with E-state index in [-0.39, 0.29) is 23.0 Å². The van der Waals surface area contributed by atoms with Gasteiger partial charge in [-0.15, -0.1) is 0 Å². The summed E-state index contributed by atoms with van der Waals surface area (Å²) in [5.74, 6) is 0.860. The molecule has 4 nitrogen and oxygen atoms in total. The van der Waals surface area contributed by atoms with Gasteiger partial charge in [0.05, 0.1) is 0 Å². The molecule has 0 aliphatic rings. The molecule has 0 radical (unpaired) electrons. The maximum atomic E-state index is 11.7. The van der Waals surface area contributed by atoms with E-state index in [1.807, 2.05) is 83.1 Å². The summed E-state index contributed by atoms with van der Waals surface area (Å²) >= 11 is 0. The minimum atomic E-state index is 0.160. The average molecular weight is 539 g/mol. The van der Waals surface area contributed by atoms with Gasteiger partial charge in [-0.2, -0.15) is 0 Å². The van der Waals surface area contributed by atoms with Crippen molar-refractivity contribution >= 4 is 0 Å². The number of phenols is 4. The molecule has 0 heterocycles. The second-order valence-electron chi connectivity index (χ2n) is 11.6. The van der Waals surface area contributed by atoms with Crippen molar-refractivity contribution in [2.45, 2.75) is 83.1 Å². The van der Waals surface area contributed by atoms with Gasteiger partial charge in [0.1, 0.15) is 23.0 Å². The van der Waals surface area contributed by atoms with Crippen molar-refractivity contribution in [3.63, 3.8) is 0 Å². The lowest BCUT2D eigenvalue weighted by molar-refractivity contribution is 0.463. The van der Waals surface area contributed by atoms with Crippen LogP contribution in [-0.2, 0) is 0 Å². The van der Waals surface area contributed by atoms with Gasteiger partial charge in [0.2, 0.25) is 0 Å². The Hall–Kier alpha value is -3.92. The summed E-state index contributed by atoms with van der Waals surface area (Å²) in [6.07, 6.45) is 0. The number of aromatic hydroxyl groups is 4. The molecule has 4 rings (SSSR count). The van der Waals surface area contributed by atoms with Gasteiger partial charge in [-0.3, -0.25) is 0 Å². The zero-order valence-electron chi connectivity index (χ0n) is 25.9. The second kappa shape index (κ2) is 9.92. The van der Waals surface area contributed by atoms with E-state index < -0.39 is 0 Å². The van der Waals surface area contributed by atoms with Gasteiger partial charge in [0.15, 0.2) is 0 Å². The molecule has 0 fully saturated rings. The predicted octanol–water partition coefficient (Wildman–Crippen LogP) is 9.21. The van der Waals surface area contributed by atoms with Crippen LogP contribution in [0.25, 0.3) is 33.4 Å². The summed E-state index contributed by atoms with van der Waals surface area (Å²) in [5.41, 5.74) is 16.1. The average Bonchev–Trinajstić information content (AvgIpc) is 2.89. The van der Waals surface area contributed by atoms with Crippen LogP contribution in [0.4, 0.5) is 0 Å². The number of rotatable bonds is 3. The van der Waals surface area contributed by atoms with E-state index in [2.05, 4.69) is 0 Å². The molecular formula is C36H42O4. The largest absolute Gasteiger partial charge is 0.508 e. The van der Waals surface area contributed by atoms with Crippen LogP contribution in [0, 0.1) is 83.1 Å². The smallest absolute Gasteiger partial charge is 0.127 e. The fourth-order valence-electron chi connectivity index (χ4n) is 6.53. The lowest BCUT2D eigenvalue weighted by atomic mass is 9.78. The minimum Gasteiger partial charge on any atom is -0.508 e. The zero-order chi connectivity index (χ0) is 30.1. The van der Waals surface area contributed by atoms with Crippen LogP contribution in [0.2, 0.25) is 0 Å². The third-order valence-electron chi connectivity index (χ3n) is 9.45. The van der Waals surface area contributed by atoms with E-state index in [1.165, 1.54) is 0 Å². The number of phenolic OH excluding ortho intramolecular Hbond substituents is 4. The maximum absolute atomic E-state index is 11.7. The topological polar surface area (TPSA) is 80.9 Å². The first kappa shape index (κ1) is 29.1. The van der Waals surface area contributed by atoms with Gasteiger partial charge in [-0.05, 0) is 184 Å². The molecule has 0 bridgehead atoms. The van der Waals surface area contributed by atoms with Crippen LogP contribution >= 0.6 is 0 Å². The van der Waals surface area contributed by atoms with Crippen molar-refractivity contribution in [3.8, 4) is 56.4 Å². The third kappa shape index (κ3) is 4.04. The highest BCUT2D eigenvalue weighted by Gasteiger charge is 2.28. The summed E-state index contributed by atoms with van der Waals surface area (Å²) in [7, 11) is 0. The molecule has 0 amide bonds. The Bertz CT molecular complexity index is 1610. The van der Waals surface area contributed by atoms with Crippen molar-refractivity contribution in [1.29, 1.82) is 0 Å². The second-order valence-corrected chi connectivity index (χ2v) is 11.6. The molecule has 4 N–H and O–H groups in total. The molecule has 0 saturated heterocycles. The summed E-state index contributed by atoms with van der Waals surface area (Å²) in [6.45, 7) is 23.8. The first-order valence-electron chi connectivity index (χ1n) is 13.8. The van der Waals surface area contributed by atoms with E-state index in [0.29, 0.717) is 11.1 Å². The molecule has 4 aromatic carbocycles. The van der Waals surface area contributed by atoms with Crippen molar-refractivity contribution in [2.24, 2.45) is 0 Å². The van der Waals surface area contributed by atoms with Gasteiger partial charge in [0, 0.05) is 11.1 Å². The third-order valence-corrected chi connectivity index (χ3v) is 9.45. The molecule has 4 aromatic rings. The van der Waals surface area contributed by atoms with E-state index >= 15 is 0 Å². The Kier molecular flexibility index (Phi) is 7.21. The van der Waals surface area contributed by atoms with Gasteiger partial charge in [0.25, 0.3) is 0 Å². The molecule has 0 spiro atoms. The van der Waals surface area contributed by atoms with Crippen molar-refractivity contribution < 1.29 is 20.4 Å². The Labute approximate surface area is 238 Å². The van der Waals surface area contributed by atoms with E-state index in [4.69, 9.17) is 0 Å². The maximum Gasteiger partial charge on any atom is 0.127 e. The molecule has 0 unspecified atom stereocenters. The number of benzene rings is 4. The molecule has 4 heteroatoms. The standard InChI is InChI=1S/C36H42O4/c1-15-13-27(37)17(3)19(5)29(15)31-21(7)23(9)35(39)33(25(31)11)34-26(12)32(22(8)24(10)36(34)40)30-16(2)14-28(38)18(4)20(30)6/h13-14,37-40H,1-12H3. The van der Waals surface area contributed by atoms with Crippen LogP contribution in [0.5, 0.6) is 23.0 Å². The van der Waals surface area contributed by atoms with Crippen molar-refractivity contribution in [2.75, 3.05) is 0 Å². The highest BCUT2D eigenvalue weighted by atomic mass is 16.3. The van der Waals surface area contributed by atoms with E-state index in [0.717, 1.165) is 89.0 Å². The first-order chi connectivity index (χ1) is 18.5. The molecule has 0 aliphatic carbocycles. The molecule has 40 heavy (non-hydrogen) atoms. The van der Waals surface area contributed by atoms with Gasteiger partial charge < -0.3 is 20.4 Å². The van der Waals surface area contributed by atoms with Crippen LogP contribution in [0.15, 0.2) is 12.1 Å². The Morgan fingerprint density at radius 2 is 0.575 bits per heavy atom. The van der Waals surface area contributed by atoms with Crippen molar-refractivity contribution in [1.82, 2.24) is 0 Å².